The zero-order valence-corrected chi connectivity index (χ0v) is 16.6. The molecule has 13 heteroatoms. The minimum Gasteiger partial charge on any atom is -0.465 e. The van der Waals surface area contributed by atoms with E-state index in [0.717, 1.165) is 31.4 Å². The SMILES string of the molecule is COC(=O)C1=C(C(=O)OC)N(c2cc(S(=O)(=O)O)ccc2S(=O)(=O)O)C=CC=C1. The Kier molecular flexibility index (Phi) is 6.27. The van der Waals surface area contributed by atoms with Crippen LogP contribution >= 0.6 is 0 Å². The number of carbonyl (C=O) groups excluding carboxylic acids is 2. The van der Waals surface area contributed by atoms with Gasteiger partial charge >= 0.3 is 11.9 Å². The summed E-state index contributed by atoms with van der Waals surface area (Å²) in [5.41, 5.74) is -1.42. The zero-order chi connectivity index (χ0) is 22.0. The van der Waals surface area contributed by atoms with Gasteiger partial charge in [-0.3, -0.25) is 9.11 Å². The van der Waals surface area contributed by atoms with E-state index in [1.165, 1.54) is 18.2 Å². The van der Waals surface area contributed by atoms with Gasteiger partial charge in [0.1, 0.15) is 10.6 Å². The van der Waals surface area contributed by atoms with Crippen molar-refractivity contribution < 1.29 is 45.0 Å². The second-order valence-electron chi connectivity index (χ2n) is 5.40. The van der Waals surface area contributed by atoms with Crippen LogP contribution in [0.15, 0.2) is 63.7 Å². The maximum Gasteiger partial charge on any atom is 0.355 e. The van der Waals surface area contributed by atoms with Gasteiger partial charge in [-0.2, -0.15) is 16.8 Å². The number of anilines is 1. The summed E-state index contributed by atoms with van der Waals surface area (Å²) in [6.07, 6.45) is 4.94. The fraction of sp³-hybridized carbons (Fsp3) is 0.125. The molecule has 2 rings (SSSR count). The van der Waals surface area contributed by atoms with Gasteiger partial charge in [0, 0.05) is 6.20 Å². The lowest BCUT2D eigenvalue weighted by Crippen LogP contribution is -2.28. The quantitative estimate of drug-likeness (QED) is 0.483. The first-order valence-electron chi connectivity index (χ1n) is 7.56. The third kappa shape index (κ3) is 4.71. The van der Waals surface area contributed by atoms with Crippen molar-refractivity contribution in [1.29, 1.82) is 0 Å². The minimum atomic E-state index is -4.92. The molecule has 0 unspecified atom stereocenters. The van der Waals surface area contributed by atoms with Crippen molar-refractivity contribution in [2.75, 3.05) is 19.1 Å². The topological polar surface area (TPSA) is 165 Å². The van der Waals surface area contributed by atoms with Crippen LogP contribution in [0.3, 0.4) is 0 Å². The van der Waals surface area contributed by atoms with Crippen LogP contribution < -0.4 is 4.90 Å². The van der Waals surface area contributed by atoms with Gasteiger partial charge in [0.25, 0.3) is 20.2 Å². The van der Waals surface area contributed by atoms with Crippen LogP contribution in [-0.2, 0) is 39.3 Å². The highest BCUT2D eigenvalue weighted by atomic mass is 32.2. The molecule has 1 aliphatic rings. The number of benzene rings is 1. The molecule has 0 saturated carbocycles. The Bertz CT molecular complexity index is 1160. The normalized spacial score (nSPS) is 14.6. The summed E-state index contributed by atoms with van der Waals surface area (Å²) in [6.45, 7) is 0. The smallest absolute Gasteiger partial charge is 0.355 e. The van der Waals surface area contributed by atoms with Crippen molar-refractivity contribution in [2.24, 2.45) is 0 Å². The van der Waals surface area contributed by atoms with Crippen LogP contribution in [0, 0.1) is 0 Å². The van der Waals surface area contributed by atoms with Crippen LogP contribution in [0.4, 0.5) is 5.69 Å². The number of nitrogens with zero attached hydrogens (tertiary/aromatic N) is 1. The van der Waals surface area contributed by atoms with Gasteiger partial charge in [-0.15, -0.1) is 0 Å². The minimum absolute atomic E-state index is 0.345. The number of hydrogen-bond acceptors (Lipinski definition) is 9. The molecule has 0 fully saturated rings. The van der Waals surface area contributed by atoms with Crippen molar-refractivity contribution in [1.82, 2.24) is 0 Å². The maximum atomic E-state index is 12.4. The summed E-state index contributed by atoms with van der Waals surface area (Å²) in [6, 6.07) is 2.16. The Balaban J connectivity index is 2.95. The Labute approximate surface area is 166 Å². The molecule has 0 aromatic heterocycles. The molecule has 1 aromatic rings. The van der Waals surface area contributed by atoms with E-state index in [4.69, 9.17) is 0 Å². The van der Waals surface area contributed by atoms with Crippen molar-refractivity contribution in [3.05, 3.63) is 53.9 Å². The average molecular weight is 445 g/mol. The van der Waals surface area contributed by atoms with Gasteiger partial charge in [0.2, 0.25) is 0 Å². The predicted octanol–water partition coefficient (Wildman–Crippen LogP) is 0.670. The monoisotopic (exact) mass is 445 g/mol. The number of rotatable bonds is 5. The molecule has 1 heterocycles. The molecule has 1 aliphatic heterocycles. The zero-order valence-electron chi connectivity index (χ0n) is 15.0. The fourth-order valence-electron chi connectivity index (χ4n) is 2.42. The fourth-order valence-corrected chi connectivity index (χ4v) is 3.58. The Hall–Kier alpha value is -3.00. The molecule has 2 N–H and O–H groups in total. The van der Waals surface area contributed by atoms with Gasteiger partial charge < -0.3 is 14.4 Å². The van der Waals surface area contributed by atoms with E-state index in [1.807, 2.05) is 0 Å². The molecule has 0 atom stereocenters. The number of allylic oxidation sites excluding steroid dienone is 2. The lowest BCUT2D eigenvalue weighted by atomic mass is 10.1. The summed E-state index contributed by atoms with van der Waals surface area (Å²) >= 11 is 0. The van der Waals surface area contributed by atoms with Crippen LogP contribution in [-0.4, -0.2) is 52.1 Å². The highest BCUT2D eigenvalue weighted by Crippen LogP contribution is 2.33. The van der Waals surface area contributed by atoms with Gasteiger partial charge in [0.15, 0.2) is 0 Å². The van der Waals surface area contributed by atoms with Gasteiger partial charge in [0.05, 0.1) is 30.4 Å². The predicted molar refractivity (Wildman–Crippen MR) is 97.9 cm³/mol. The molecule has 0 radical (unpaired) electrons. The molecule has 0 spiro atoms. The first kappa shape index (κ1) is 22.3. The first-order chi connectivity index (χ1) is 13.4. The van der Waals surface area contributed by atoms with Crippen LogP contribution in [0.1, 0.15) is 0 Å². The van der Waals surface area contributed by atoms with Gasteiger partial charge in [-0.1, -0.05) is 6.08 Å². The Morgan fingerprint density at radius 1 is 0.931 bits per heavy atom. The van der Waals surface area contributed by atoms with E-state index in [9.17, 15) is 35.5 Å². The second-order valence-corrected chi connectivity index (χ2v) is 8.21. The number of carbonyl (C=O) groups is 2. The molecule has 1 aromatic carbocycles. The van der Waals surface area contributed by atoms with Crippen LogP contribution in [0.2, 0.25) is 0 Å². The van der Waals surface area contributed by atoms with E-state index in [0.29, 0.717) is 12.1 Å². The molecular weight excluding hydrogens is 430 g/mol. The molecule has 0 aliphatic carbocycles. The van der Waals surface area contributed by atoms with E-state index < -0.39 is 53.4 Å². The van der Waals surface area contributed by atoms with Gasteiger partial charge in [-0.05, 0) is 30.4 Å². The standard InChI is InChI=1S/C16H15NO10S2/c1-26-15(18)11-5-3-4-8-17(14(11)16(19)27-2)12-9-10(28(20,21)22)6-7-13(12)29(23,24)25/h3-9H,1-2H3,(H,20,21,22)(H,23,24,25). The van der Waals surface area contributed by atoms with Gasteiger partial charge in [-0.25, -0.2) is 9.59 Å². The number of ether oxygens (including phenoxy) is 2. The molecule has 29 heavy (non-hydrogen) atoms. The number of methoxy groups -OCH3 is 2. The highest BCUT2D eigenvalue weighted by molar-refractivity contribution is 7.86. The van der Waals surface area contributed by atoms with Crippen LogP contribution in [0.25, 0.3) is 0 Å². The Morgan fingerprint density at radius 2 is 1.55 bits per heavy atom. The van der Waals surface area contributed by atoms with Crippen molar-refractivity contribution in [3.63, 3.8) is 0 Å². The van der Waals surface area contributed by atoms with Crippen molar-refractivity contribution in [3.8, 4) is 0 Å². The second kappa shape index (κ2) is 8.16. The largest absolute Gasteiger partial charge is 0.465 e. The summed E-state index contributed by atoms with van der Waals surface area (Å²) in [7, 11) is -7.66. The van der Waals surface area contributed by atoms with E-state index >= 15 is 0 Å². The third-order valence-corrected chi connectivity index (χ3v) is 5.41. The number of hydrogen-bond donors (Lipinski definition) is 2. The maximum absolute atomic E-state index is 12.4. The molecule has 0 saturated heterocycles. The lowest BCUT2D eigenvalue weighted by Gasteiger charge is -2.25. The lowest BCUT2D eigenvalue weighted by molar-refractivity contribution is -0.139. The third-order valence-electron chi connectivity index (χ3n) is 3.65. The average Bonchev–Trinajstić information content (AvgIpc) is 2.87. The summed E-state index contributed by atoms with van der Waals surface area (Å²) in [5.74, 6) is -2.07. The summed E-state index contributed by atoms with van der Waals surface area (Å²) in [5, 5.41) is 0. The summed E-state index contributed by atoms with van der Waals surface area (Å²) < 4.78 is 74.7. The Morgan fingerprint density at radius 3 is 2.07 bits per heavy atom. The van der Waals surface area contributed by atoms with E-state index in [-0.39, 0.29) is 5.57 Å². The summed E-state index contributed by atoms with van der Waals surface area (Å²) in [4.78, 5) is 23.8. The first-order valence-corrected chi connectivity index (χ1v) is 10.4. The van der Waals surface area contributed by atoms with E-state index in [1.54, 1.807) is 0 Å². The number of esters is 2. The van der Waals surface area contributed by atoms with Crippen LogP contribution in [0.5, 0.6) is 0 Å². The highest BCUT2D eigenvalue weighted by Gasteiger charge is 2.31. The molecular formula is C16H15NO10S2. The molecule has 156 valence electrons. The van der Waals surface area contributed by atoms with Crippen molar-refractivity contribution >= 4 is 37.9 Å². The molecule has 0 amide bonds. The molecule has 11 nitrogen and oxygen atoms in total. The molecule has 0 bridgehead atoms. The van der Waals surface area contributed by atoms with Crippen molar-refractivity contribution in [2.45, 2.75) is 9.79 Å². The van der Waals surface area contributed by atoms with E-state index in [2.05, 4.69) is 9.47 Å².